The number of methoxy groups -OCH3 is 2. The number of nitrogens with one attached hydrogen (secondary N) is 6. The molecule has 264 valence electrons. The number of aromatic amines is 1. The van der Waals surface area contributed by atoms with E-state index in [9.17, 15) is 38.7 Å². The lowest BCUT2D eigenvalue weighted by Crippen LogP contribution is -2.60. The average molecular weight is 676 g/mol. The number of carbonyl (C=O) groups excluding carboxylic acids is 7. The summed E-state index contributed by atoms with van der Waals surface area (Å²) in [6, 6.07) is 1.39. The summed E-state index contributed by atoms with van der Waals surface area (Å²) in [7, 11) is 2.15. The molecule has 2 aromatic rings. The van der Waals surface area contributed by atoms with Crippen molar-refractivity contribution in [2.75, 3.05) is 20.8 Å². The number of fused-ring (bicyclic) bond motifs is 1. The fourth-order valence-corrected chi connectivity index (χ4v) is 4.50. The molecule has 9 N–H and O–H groups in total. The average Bonchev–Trinajstić information content (AvgIpc) is 3.42. The molecule has 0 saturated carbocycles. The lowest BCUT2D eigenvalue weighted by molar-refractivity contribution is -0.145. The maximum atomic E-state index is 13.6. The summed E-state index contributed by atoms with van der Waals surface area (Å²) < 4.78 is 9.09. The van der Waals surface area contributed by atoms with Gasteiger partial charge in [0.2, 0.25) is 29.5 Å². The lowest BCUT2D eigenvalue weighted by Gasteiger charge is -2.27. The van der Waals surface area contributed by atoms with Gasteiger partial charge in [0.15, 0.2) is 0 Å². The van der Waals surface area contributed by atoms with Gasteiger partial charge >= 0.3 is 11.9 Å². The van der Waals surface area contributed by atoms with Gasteiger partial charge in [-0.1, -0.05) is 18.2 Å². The van der Waals surface area contributed by atoms with Gasteiger partial charge in [0, 0.05) is 22.6 Å². The van der Waals surface area contributed by atoms with Crippen LogP contribution in [0.1, 0.15) is 46.1 Å². The number of aromatic nitrogens is 1. The smallest absolute Gasteiger partial charge is 0.325 e. The number of amides is 5. The fourth-order valence-electron chi connectivity index (χ4n) is 4.50. The minimum absolute atomic E-state index is 0.0878. The molecule has 5 amide bonds. The van der Waals surface area contributed by atoms with Crippen molar-refractivity contribution in [3.8, 4) is 0 Å². The third kappa shape index (κ3) is 12.3. The summed E-state index contributed by atoms with van der Waals surface area (Å²) in [5.74, 6) is -6.17. The molecule has 0 fully saturated rings. The van der Waals surface area contributed by atoms with Crippen molar-refractivity contribution < 1.29 is 48.1 Å². The summed E-state index contributed by atoms with van der Waals surface area (Å²) in [6.07, 6.45) is -0.963. The van der Waals surface area contributed by atoms with E-state index in [1.807, 2.05) is 24.3 Å². The van der Waals surface area contributed by atoms with Crippen LogP contribution in [0.5, 0.6) is 0 Å². The Labute approximate surface area is 277 Å². The third-order valence-electron chi connectivity index (χ3n) is 6.92. The zero-order valence-corrected chi connectivity index (χ0v) is 27.8. The van der Waals surface area contributed by atoms with E-state index in [0.29, 0.717) is 0 Å². The van der Waals surface area contributed by atoms with Crippen LogP contribution in [0, 0.1) is 0 Å². The number of para-hydroxylation sites is 1. The zero-order chi connectivity index (χ0) is 36.2. The molecule has 0 spiro atoms. The van der Waals surface area contributed by atoms with Gasteiger partial charge < -0.3 is 51.9 Å². The standard InChI is InChI=1S/C31H45N7O10/c1-16(39)26(30(46)34-15-25(42)48-6)37-29(45)22(13-24(41)47-5)36-28(44)21(12-23(40)38-31(2,3)4)35-27(43)19(32)11-17-14-33-20-10-8-7-9-18(17)20/h7-10,14,16,19,21-22,26,33,39H,11-13,15,32H2,1-6H3,(H,34,46)(H,35,43)(H,36,44)(H,37,45)(H,38,40). The summed E-state index contributed by atoms with van der Waals surface area (Å²) in [5, 5.41) is 22.9. The predicted molar refractivity (Wildman–Crippen MR) is 172 cm³/mol. The molecule has 17 nitrogen and oxygen atoms in total. The highest BCUT2D eigenvalue weighted by Crippen LogP contribution is 2.19. The highest BCUT2D eigenvalue weighted by Gasteiger charge is 2.34. The Morgan fingerprint density at radius 2 is 1.44 bits per heavy atom. The van der Waals surface area contributed by atoms with Gasteiger partial charge in [0.25, 0.3) is 0 Å². The minimum atomic E-state index is -1.69. The first kappa shape index (κ1) is 39.1. The second kappa shape index (κ2) is 17.8. The molecule has 0 radical (unpaired) electrons. The number of H-pyrrole nitrogens is 1. The van der Waals surface area contributed by atoms with Crippen LogP contribution in [-0.2, 0) is 49.5 Å². The Morgan fingerprint density at radius 3 is 2.04 bits per heavy atom. The summed E-state index contributed by atoms with van der Waals surface area (Å²) in [6.45, 7) is 5.78. The van der Waals surface area contributed by atoms with E-state index < -0.39 is 96.7 Å². The molecule has 2 rings (SSSR count). The van der Waals surface area contributed by atoms with Gasteiger partial charge in [-0.2, -0.15) is 0 Å². The molecule has 48 heavy (non-hydrogen) atoms. The highest BCUT2D eigenvalue weighted by atomic mass is 16.5. The van der Waals surface area contributed by atoms with Crippen LogP contribution in [0.25, 0.3) is 10.9 Å². The molecule has 5 unspecified atom stereocenters. The number of benzene rings is 1. The van der Waals surface area contributed by atoms with Crippen molar-refractivity contribution in [1.29, 1.82) is 0 Å². The van der Waals surface area contributed by atoms with Crippen LogP contribution in [0.3, 0.4) is 0 Å². The Kier molecular flexibility index (Phi) is 14.5. The van der Waals surface area contributed by atoms with Gasteiger partial charge in [-0.05, 0) is 45.7 Å². The van der Waals surface area contributed by atoms with E-state index in [-0.39, 0.29) is 6.42 Å². The van der Waals surface area contributed by atoms with E-state index in [1.165, 1.54) is 6.92 Å². The summed E-state index contributed by atoms with van der Waals surface area (Å²) in [4.78, 5) is 92.3. The number of aliphatic hydroxyl groups excluding tert-OH is 1. The van der Waals surface area contributed by atoms with Crippen LogP contribution in [0.4, 0.5) is 0 Å². The normalized spacial score (nSPS) is 14.3. The van der Waals surface area contributed by atoms with Gasteiger partial charge in [0.05, 0.1) is 39.2 Å². The monoisotopic (exact) mass is 675 g/mol. The second-order valence-corrected chi connectivity index (χ2v) is 12.1. The maximum absolute atomic E-state index is 13.6. The number of hydrogen-bond acceptors (Lipinski definition) is 11. The van der Waals surface area contributed by atoms with Gasteiger partial charge in [-0.15, -0.1) is 0 Å². The predicted octanol–water partition coefficient (Wildman–Crippen LogP) is -1.97. The second-order valence-electron chi connectivity index (χ2n) is 12.1. The van der Waals surface area contributed by atoms with E-state index in [2.05, 4.69) is 41.0 Å². The molecule has 0 saturated heterocycles. The summed E-state index contributed by atoms with van der Waals surface area (Å²) >= 11 is 0. The molecule has 0 aliphatic heterocycles. The fraction of sp³-hybridized carbons (Fsp3) is 0.516. The molecule has 0 bridgehead atoms. The van der Waals surface area contributed by atoms with Crippen molar-refractivity contribution in [3.05, 3.63) is 36.0 Å². The number of aliphatic hydroxyl groups is 1. The molecular weight excluding hydrogens is 630 g/mol. The van der Waals surface area contributed by atoms with E-state index in [4.69, 9.17) is 5.73 Å². The van der Waals surface area contributed by atoms with Crippen LogP contribution >= 0.6 is 0 Å². The van der Waals surface area contributed by atoms with Crippen molar-refractivity contribution in [2.24, 2.45) is 5.73 Å². The first-order chi connectivity index (χ1) is 22.4. The Balaban J connectivity index is 2.29. The van der Waals surface area contributed by atoms with Crippen LogP contribution in [0.2, 0.25) is 0 Å². The third-order valence-corrected chi connectivity index (χ3v) is 6.92. The molecular formula is C31H45N7O10. The lowest BCUT2D eigenvalue weighted by atomic mass is 10.0. The summed E-state index contributed by atoms with van der Waals surface area (Å²) in [5.41, 5.74) is 7.10. The van der Waals surface area contributed by atoms with Gasteiger partial charge in [0.1, 0.15) is 24.7 Å². The molecule has 0 aliphatic rings. The first-order valence-corrected chi connectivity index (χ1v) is 15.1. The topological polar surface area (TPSA) is 260 Å². The quantitative estimate of drug-likeness (QED) is 0.0905. The molecule has 1 aromatic carbocycles. The Bertz CT molecular complexity index is 1480. The van der Waals surface area contributed by atoms with Gasteiger partial charge in [-0.3, -0.25) is 33.6 Å². The Hall–Kier alpha value is -5.03. The number of esters is 2. The minimum Gasteiger partial charge on any atom is -0.469 e. The van der Waals surface area contributed by atoms with Crippen molar-refractivity contribution in [3.63, 3.8) is 0 Å². The van der Waals surface area contributed by atoms with Crippen LogP contribution in [-0.4, -0.2) is 108 Å². The van der Waals surface area contributed by atoms with E-state index >= 15 is 0 Å². The van der Waals surface area contributed by atoms with E-state index in [1.54, 1.807) is 27.0 Å². The molecule has 1 heterocycles. The molecule has 1 aromatic heterocycles. The molecule has 17 heteroatoms. The van der Waals surface area contributed by atoms with Gasteiger partial charge in [-0.25, -0.2) is 0 Å². The zero-order valence-electron chi connectivity index (χ0n) is 27.8. The highest BCUT2D eigenvalue weighted by molar-refractivity contribution is 5.98. The molecule has 5 atom stereocenters. The number of ether oxygens (including phenoxy) is 2. The maximum Gasteiger partial charge on any atom is 0.325 e. The largest absolute Gasteiger partial charge is 0.469 e. The van der Waals surface area contributed by atoms with Crippen molar-refractivity contribution in [1.82, 2.24) is 31.6 Å². The van der Waals surface area contributed by atoms with E-state index in [0.717, 1.165) is 30.7 Å². The number of nitrogens with two attached hydrogens (primary N) is 1. The number of carbonyl (C=O) groups is 7. The van der Waals surface area contributed by atoms with Crippen molar-refractivity contribution in [2.45, 2.75) is 82.8 Å². The first-order valence-electron chi connectivity index (χ1n) is 15.1. The van der Waals surface area contributed by atoms with Crippen LogP contribution in [0.15, 0.2) is 30.5 Å². The van der Waals surface area contributed by atoms with Crippen molar-refractivity contribution >= 4 is 52.4 Å². The number of rotatable bonds is 16. The van der Waals surface area contributed by atoms with Crippen LogP contribution < -0.4 is 32.3 Å². The molecule has 0 aliphatic carbocycles. The SMILES string of the molecule is COC(=O)CNC(=O)C(NC(=O)C(CC(=O)OC)NC(=O)C(CC(=O)NC(C)(C)C)NC(=O)C(N)Cc1c[nH]c2ccccc12)C(C)O. The Morgan fingerprint density at radius 1 is 0.854 bits per heavy atom. The number of hydrogen-bond donors (Lipinski definition) is 8.